The lowest BCUT2D eigenvalue weighted by molar-refractivity contribution is 0.130. The van der Waals surface area contributed by atoms with Gasteiger partial charge in [0.05, 0.1) is 23.4 Å². The summed E-state index contributed by atoms with van der Waals surface area (Å²) < 4.78 is 25.9. The van der Waals surface area contributed by atoms with E-state index in [2.05, 4.69) is 0 Å². The maximum absolute atomic E-state index is 13.0. The number of hydrogen-bond acceptors (Lipinski definition) is 4. The van der Waals surface area contributed by atoms with E-state index in [4.69, 9.17) is 11.6 Å². The van der Waals surface area contributed by atoms with Crippen molar-refractivity contribution in [3.8, 4) is 0 Å². The lowest BCUT2D eigenvalue weighted by Crippen LogP contribution is -2.23. The maximum Gasteiger partial charge on any atom is 0.182 e. The minimum Gasteiger partial charge on any atom is -0.396 e. The van der Waals surface area contributed by atoms with Gasteiger partial charge in [-0.05, 0) is 29.8 Å². The molecule has 0 spiro atoms. The summed E-state index contributed by atoms with van der Waals surface area (Å²) in [5.74, 6) is -0.431. The van der Waals surface area contributed by atoms with Gasteiger partial charge >= 0.3 is 0 Å². The zero-order valence-corrected chi connectivity index (χ0v) is 13.8. The van der Waals surface area contributed by atoms with Crippen LogP contribution in [0.15, 0.2) is 59.5 Å². The van der Waals surface area contributed by atoms with Crippen LogP contribution in [0.4, 0.5) is 0 Å². The van der Waals surface area contributed by atoms with E-state index in [1.807, 2.05) is 30.3 Å². The molecule has 4 nitrogen and oxygen atoms in total. The van der Waals surface area contributed by atoms with Crippen LogP contribution < -0.4 is 0 Å². The molecule has 1 aliphatic carbocycles. The fourth-order valence-corrected chi connectivity index (χ4v) is 5.86. The van der Waals surface area contributed by atoms with Crippen LogP contribution in [0.3, 0.4) is 0 Å². The minimum atomic E-state index is -3.69. The SMILES string of the molecule is O=S(=O)(c1ccc(Cl)cc1)[C@H]1[C@H](c2ccccc2)C1(CO)CO. The van der Waals surface area contributed by atoms with E-state index in [0.717, 1.165) is 5.56 Å². The van der Waals surface area contributed by atoms with Gasteiger partial charge in [0, 0.05) is 16.4 Å². The molecule has 23 heavy (non-hydrogen) atoms. The molecule has 2 aromatic carbocycles. The predicted octanol–water partition coefficient (Wildman–Crippen LogP) is 2.25. The van der Waals surface area contributed by atoms with Crippen LogP contribution in [0, 0.1) is 5.41 Å². The molecule has 1 fully saturated rings. The summed E-state index contributed by atoms with van der Waals surface area (Å²) in [5, 5.41) is 19.1. The number of halogens is 1. The minimum absolute atomic E-state index is 0.150. The third-order valence-corrected chi connectivity index (χ3v) is 7.19. The van der Waals surface area contributed by atoms with Gasteiger partial charge in [0.2, 0.25) is 0 Å². The Labute approximate surface area is 140 Å². The first kappa shape index (κ1) is 16.5. The van der Waals surface area contributed by atoms with E-state index < -0.39 is 26.4 Å². The second-order valence-electron chi connectivity index (χ2n) is 5.86. The van der Waals surface area contributed by atoms with Gasteiger partial charge in [-0.15, -0.1) is 0 Å². The van der Waals surface area contributed by atoms with Crippen LogP contribution in [0.2, 0.25) is 5.02 Å². The molecule has 2 N–H and O–H groups in total. The lowest BCUT2D eigenvalue weighted by atomic mass is 10.0. The third kappa shape index (κ3) is 2.58. The zero-order chi connectivity index (χ0) is 16.7. The predicted molar refractivity (Wildman–Crippen MR) is 88.2 cm³/mol. The highest BCUT2D eigenvalue weighted by atomic mass is 35.5. The normalized spacial score (nSPS) is 22.7. The van der Waals surface area contributed by atoms with Gasteiger partial charge in [-0.3, -0.25) is 0 Å². The largest absolute Gasteiger partial charge is 0.396 e. The van der Waals surface area contributed by atoms with Crippen molar-refractivity contribution in [1.82, 2.24) is 0 Å². The number of aliphatic hydroxyl groups excluding tert-OH is 2. The first-order chi connectivity index (χ1) is 11.0. The van der Waals surface area contributed by atoms with Crippen molar-refractivity contribution < 1.29 is 18.6 Å². The average Bonchev–Trinajstić information content (AvgIpc) is 3.27. The van der Waals surface area contributed by atoms with Gasteiger partial charge < -0.3 is 10.2 Å². The Balaban J connectivity index is 2.05. The number of benzene rings is 2. The summed E-state index contributed by atoms with van der Waals surface area (Å²) in [7, 11) is -3.69. The van der Waals surface area contributed by atoms with Crippen molar-refractivity contribution in [3.63, 3.8) is 0 Å². The van der Waals surface area contributed by atoms with E-state index in [1.165, 1.54) is 24.3 Å². The topological polar surface area (TPSA) is 74.6 Å². The second-order valence-corrected chi connectivity index (χ2v) is 8.36. The van der Waals surface area contributed by atoms with Crippen molar-refractivity contribution in [2.75, 3.05) is 13.2 Å². The monoisotopic (exact) mass is 352 g/mol. The first-order valence-electron chi connectivity index (χ1n) is 7.23. The second kappa shape index (κ2) is 5.91. The fourth-order valence-electron chi connectivity index (χ4n) is 3.31. The molecule has 0 saturated heterocycles. The van der Waals surface area contributed by atoms with Crippen LogP contribution in [0.5, 0.6) is 0 Å². The molecule has 0 amide bonds. The molecular formula is C17H17ClO4S. The van der Waals surface area contributed by atoms with Crippen LogP contribution in [-0.4, -0.2) is 37.1 Å². The molecule has 6 heteroatoms. The van der Waals surface area contributed by atoms with E-state index >= 15 is 0 Å². The molecule has 1 saturated carbocycles. The molecule has 2 atom stereocenters. The van der Waals surface area contributed by atoms with Crippen molar-refractivity contribution in [1.29, 1.82) is 0 Å². The van der Waals surface area contributed by atoms with Crippen molar-refractivity contribution >= 4 is 21.4 Å². The molecule has 0 heterocycles. The molecule has 0 aromatic heterocycles. The highest BCUT2D eigenvalue weighted by molar-refractivity contribution is 7.92. The van der Waals surface area contributed by atoms with Gasteiger partial charge in [0.25, 0.3) is 0 Å². The fraction of sp³-hybridized carbons (Fsp3) is 0.294. The summed E-state index contributed by atoms with van der Waals surface area (Å²) >= 11 is 5.82. The van der Waals surface area contributed by atoms with E-state index in [0.29, 0.717) is 5.02 Å². The molecule has 3 rings (SSSR count). The quantitative estimate of drug-likeness (QED) is 0.865. The molecule has 0 aliphatic heterocycles. The zero-order valence-electron chi connectivity index (χ0n) is 12.3. The third-order valence-electron chi connectivity index (χ3n) is 4.60. The summed E-state index contributed by atoms with van der Waals surface area (Å²) in [6, 6.07) is 15.1. The standard InChI is InChI=1S/C17H17ClO4S/c18-13-6-8-14(9-7-13)23(21,22)16-15(17(16,10-19)11-20)12-4-2-1-3-5-12/h1-9,15-16,19-20H,10-11H2/t15-,16-/m0/s1. The summed E-state index contributed by atoms with van der Waals surface area (Å²) in [6.45, 7) is -0.777. The lowest BCUT2D eigenvalue weighted by Gasteiger charge is -2.11. The number of sulfone groups is 1. The first-order valence-corrected chi connectivity index (χ1v) is 9.16. The van der Waals surface area contributed by atoms with Crippen LogP contribution in [0.25, 0.3) is 0 Å². The molecule has 0 radical (unpaired) electrons. The Kier molecular flexibility index (Phi) is 4.23. The summed E-state index contributed by atoms with van der Waals surface area (Å²) in [4.78, 5) is 0.150. The van der Waals surface area contributed by atoms with Crippen LogP contribution in [0.1, 0.15) is 11.5 Å². The number of aliphatic hydroxyl groups is 2. The molecule has 0 bridgehead atoms. The van der Waals surface area contributed by atoms with Crippen molar-refractivity contribution in [2.24, 2.45) is 5.41 Å². The summed E-state index contributed by atoms with van der Waals surface area (Å²) in [6.07, 6.45) is 0. The maximum atomic E-state index is 13.0. The highest BCUT2D eigenvalue weighted by Crippen LogP contribution is 2.63. The number of rotatable bonds is 5. The van der Waals surface area contributed by atoms with Gasteiger partial charge in [-0.1, -0.05) is 41.9 Å². The van der Waals surface area contributed by atoms with E-state index in [9.17, 15) is 18.6 Å². The molecule has 0 unspecified atom stereocenters. The van der Waals surface area contributed by atoms with Crippen LogP contribution >= 0.6 is 11.6 Å². The summed E-state index contributed by atoms with van der Waals surface area (Å²) in [5.41, 5.74) is -0.252. The average molecular weight is 353 g/mol. The van der Waals surface area contributed by atoms with E-state index in [1.54, 1.807) is 0 Å². The van der Waals surface area contributed by atoms with Crippen LogP contribution in [-0.2, 0) is 9.84 Å². The Bertz CT molecular complexity index is 783. The van der Waals surface area contributed by atoms with Gasteiger partial charge in [-0.25, -0.2) is 8.42 Å². The van der Waals surface area contributed by atoms with Gasteiger partial charge in [-0.2, -0.15) is 0 Å². The Hall–Kier alpha value is -1.40. The Morgan fingerprint density at radius 1 is 0.957 bits per heavy atom. The van der Waals surface area contributed by atoms with Crippen molar-refractivity contribution in [3.05, 3.63) is 65.2 Å². The molecule has 1 aliphatic rings. The Morgan fingerprint density at radius 3 is 2.04 bits per heavy atom. The number of hydrogen-bond donors (Lipinski definition) is 2. The highest BCUT2D eigenvalue weighted by Gasteiger charge is 2.70. The Morgan fingerprint density at radius 2 is 1.52 bits per heavy atom. The van der Waals surface area contributed by atoms with Gasteiger partial charge in [0.15, 0.2) is 9.84 Å². The molecular weight excluding hydrogens is 336 g/mol. The van der Waals surface area contributed by atoms with E-state index in [-0.39, 0.29) is 18.1 Å². The smallest absolute Gasteiger partial charge is 0.182 e. The van der Waals surface area contributed by atoms with Gasteiger partial charge in [0.1, 0.15) is 0 Å². The van der Waals surface area contributed by atoms with Crippen molar-refractivity contribution in [2.45, 2.75) is 16.1 Å². The molecule has 122 valence electrons. The molecule has 2 aromatic rings.